The van der Waals surface area contributed by atoms with Crippen LogP contribution in [-0.4, -0.2) is 35.5 Å². The Morgan fingerprint density at radius 3 is 1.89 bits per heavy atom. The van der Waals surface area contributed by atoms with Crippen LogP contribution in [0.5, 0.6) is 0 Å². The van der Waals surface area contributed by atoms with Crippen molar-refractivity contribution in [3.63, 3.8) is 0 Å². The molecule has 0 heterocycles. The van der Waals surface area contributed by atoms with Crippen molar-refractivity contribution in [2.75, 3.05) is 27.1 Å². The molecule has 0 bridgehead atoms. The second-order valence-corrected chi connectivity index (χ2v) is 12.8. The number of sulfonamides is 2. The van der Waals surface area contributed by atoms with Crippen molar-refractivity contribution >= 4 is 43.0 Å². The van der Waals surface area contributed by atoms with E-state index in [2.05, 4.69) is 10.0 Å². The number of rotatable bonds is 10. The summed E-state index contributed by atoms with van der Waals surface area (Å²) >= 11 is 0. The maximum absolute atomic E-state index is 12.7. The first-order valence-electron chi connectivity index (χ1n) is 11.8. The van der Waals surface area contributed by atoms with Gasteiger partial charge in [0.1, 0.15) is 0 Å². The minimum Gasteiger partial charge on any atom is -0.326 e. The van der Waals surface area contributed by atoms with E-state index in [1.165, 1.54) is 28.6 Å². The standard InChI is InChI=1S/C27H33N3O5S2/c1-19-8-10-24(17-21(19)3)29-37(34,35)26-14-11-23(12-15-26)28-27(31)7-6-16-30(36(5,32)33)25-13-9-20(2)22(4)18-25/h8-15,17-18,29H,6-7,16H2,1-5H3,(H,28,31). The summed E-state index contributed by atoms with van der Waals surface area (Å²) in [6, 6.07) is 16.7. The zero-order valence-corrected chi connectivity index (χ0v) is 23.3. The van der Waals surface area contributed by atoms with Crippen LogP contribution in [0.2, 0.25) is 0 Å². The molecule has 3 aromatic rings. The molecule has 0 fully saturated rings. The van der Waals surface area contributed by atoms with Crippen LogP contribution in [0, 0.1) is 27.7 Å². The van der Waals surface area contributed by atoms with E-state index in [0.29, 0.717) is 23.5 Å². The van der Waals surface area contributed by atoms with Gasteiger partial charge in [-0.25, -0.2) is 16.8 Å². The van der Waals surface area contributed by atoms with Gasteiger partial charge in [0.15, 0.2) is 0 Å². The lowest BCUT2D eigenvalue weighted by Crippen LogP contribution is -2.31. The van der Waals surface area contributed by atoms with Crippen molar-refractivity contribution in [3.8, 4) is 0 Å². The summed E-state index contributed by atoms with van der Waals surface area (Å²) in [5, 5.41) is 2.73. The van der Waals surface area contributed by atoms with Crippen LogP contribution in [0.25, 0.3) is 0 Å². The van der Waals surface area contributed by atoms with Gasteiger partial charge in [0.25, 0.3) is 10.0 Å². The van der Waals surface area contributed by atoms with Gasteiger partial charge in [0.2, 0.25) is 15.9 Å². The Kier molecular flexibility index (Phi) is 8.65. The zero-order chi connectivity index (χ0) is 27.4. The summed E-state index contributed by atoms with van der Waals surface area (Å²) < 4.78 is 54.0. The van der Waals surface area contributed by atoms with E-state index in [4.69, 9.17) is 0 Å². The molecule has 0 aliphatic heterocycles. The van der Waals surface area contributed by atoms with Gasteiger partial charge in [0, 0.05) is 24.3 Å². The summed E-state index contributed by atoms with van der Waals surface area (Å²) in [5.41, 5.74) is 5.59. The highest BCUT2D eigenvalue weighted by atomic mass is 32.2. The molecule has 0 saturated carbocycles. The summed E-state index contributed by atoms with van der Waals surface area (Å²) in [5.74, 6) is -0.294. The van der Waals surface area contributed by atoms with Gasteiger partial charge < -0.3 is 5.32 Å². The maximum Gasteiger partial charge on any atom is 0.261 e. The van der Waals surface area contributed by atoms with E-state index in [1.807, 2.05) is 45.9 Å². The van der Waals surface area contributed by atoms with Crippen LogP contribution in [0.3, 0.4) is 0 Å². The van der Waals surface area contributed by atoms with Crippen LogP contribution in [0.4, 0.5) is 17.1 Å². The van der Waals surface area contributed by atoms with E-state index in [-0.39, 0.29) is 23.8 Å². The minimum atomic E-state index is -3.78. The average Bonchev–Trinajstić information content (AvgIpc) is 2.80. The Morgan fingerprint density at radius 2 is 1.32 bits per heavy atom. The molecule has 1 amide bonds. The van der Waals surface area contributed by atoms with Gasteiger partial charge >= 0.3 is 0 Å². The summed E-state index contributed by atoms with van der Waals surface area (Å²) in [7, 11) is -7.29. The molecular formula is C27H33N3O5S2. The number of amides is 1. The third-order valence-electron chi connectivity index (χ3n) is 6.15. The Balaban J connectivity index is 1.58. The average molecular weight is 544 g/mol. The van der Waals surface area contributed by atoms with Gasteiger partial charge in [-0.15, -0.1) is 0 Å². The molecule has 0 spiro atoms. The molecule has 8 nitrogen and oxygen atoms in total. The van der Waals surface area contributed by atoms with E-state index in [0.717, 1.165) is 28.5 Å². The molecule has 3 aromatic carbocycles. The molecule has 0 aliphatic carbocycles. The van der Waals surface area contributed by atoms with Crippen molar-refractivity contribution in [2.45, 2.75) is 45.4 Å². The Bertz CT molecular complexity index is 1500. The summed E-state index contributed by atoms with van der Waals surface area (Å²) in [4.78, 5) is 12.5. The largest absolute Gasteiger partial charge is 0.326 e. The molecule has 0 atom stereocenters. The molecule has 0 aliphatic rings. The van der Waals surface area contributed by atoms with Crippen molar-refractivity contribution in [1.29, 1.82) is 0 Å². The topological polar surface area (TPSA) is 113 Å². The predicted molar refractivity (Wildman–Crippen MR) is 149 cm³/mol. The number of benzene rings is 3. The van der Waals surface area contributed by atoms with Crippen LogP contribution in [0.15, 0.2) is 65.6 Å². The number of aryl methyl sites for hydroxylation is 4. The fraction of sp³-hybridized carbons (Fsp3) is 0.296. The van der Waals surface area contributed by atoms with Gasteiger partial charge in [-0.3, -0.25) is 13.8 Å². The highest BCUT2D eigenvalue weighted by Crippen LogP contribution is 2.23. The number of hydrogen-bond donors (Lipinski definition) is 2. The third-order valence-corrected chi connectivity index (χ3v) is 8.74. The lowest BCUT2D eigenvalue weighted by Gasteiger charge is -2.23. The maximum atomic E-state index is 12.7. The van der Waals surface area contributed by atoms with Crippen molar-refractivity contribution in [2.24, 2.45) is 0 Å². The van der Waals surface area contributed by atoms with E-state index in [9.17, 15) is 21.6 Å². The van der Waals surface area contributed by atoms with E-state index < -0.39 is 20.0 Å². The molecule has 10 heteroatoms. The quantitative estimate of drug-likeness (QED) is 0.377. The Hall–Kier alpha value is -3.37. The first-order chi connectivity index (χ1) is 17.3. The second-order valence-electron chi connectivity index (χ2n) is 9.18. The summed E-state index contributed by atoms with van der Waals surface area (Å²) in [6.45, 7) is 7.90. The molecule has 37 heavy (non-hydrogen) atoms. The smallest absolute Gasteiger partial charge is 0.261 e. The number of carbonyl (C=O) groups excluding carboxylic acids is 1. The normalized spacial score (nSPS) is 11.7. The molecule has 3 rings (SSSR count). The van der Waals surface area contributed by atoms with Crippen LogP contribution >= 0.6 is 0 Å². The number of nitrogens with zero attached hydrogens (tertiary/aromatic N) is 1. The molecule has 0 saturated heterocycles. The molecule has 0 aromatic heterocycles. The summed E-state index contributed by atoms with van der Waals surface area (Å²) in [6.07, 6.45) is 1.57. The lowest BCUT2D eigenvalue weighted by atomic mass is 10.1. The van der Waals surface area contributed by atoms with E-state index in [1.54, 1.807) is 18.2 Å². The minimum absolute atomic E-state index is 0.0703. The SMILES string of the molecule is Cc1ccc(NS(=O)(=O)c2ccc(NC(=O)CCCN(c3ccc(C)c(C)c3)S(C)(=O)=O)cc2)cc1C. The highest BCUT2D eigenvalue weighted by molar-refractivity contribution is 7.92. The van der Waals surface area contributed by atoms with Crippen molar-refractivity contribution in [3.05, 3.63) is 82.9 Å². The lowest BCUT2D eigenvalue weighted by molar-refractivity contribution is -0.116. The zero-order valence-electron chi connectivity index (χ0n) is 21.7. The fourth-order valence-corrected chi connectivity index (χ4v) is 5.72. The fourth-order valence-electron chi connectivity index (χ4n) is 3.71. The van der Waals surface area contributed by atoms with Crippen molar-refractivity contribution < 1.29 is 21.6 Å². The Labute approximate surface area is 219 Å². The molecule has 0 unspecified atom stereocenters. The first-order valence-corrected chi connectivity index (χ1v) is 15.1. The van der Waals surface area contributed by atoms with E-state index >= 15 is 0 Å². The number of hydrogen-bond acceptors (Lipinski definition) is 5. The third kappa shape index (κ3) is 7.56. The molecule has 2 N–H and O–H groups in total. The van der Waals surface area contributed by atoms with Gasteiger partial charge in [-0.05, 0) is 105 Å². The van der Waals surface area contributed by atoms with Gasteiger partial charge in [0.05, 0.1) is 16.8 Å². The van der Waals surface area contributed by atoms with Crippen LogP contribution in [-0.2, 0) is 24.8 Å². The van der Waals surface area contributed by atoms with Crippen LogP contribution in [0.1, 0.15) is 35.1 Å². The molecular weight excluding hydrogens is 510 g/mol. The first kappa shape index (κ1) is 28.2. The number of carbonyl (C=O) groups is 1. The van der Waals surface area contributed by atoms with Crippen LogP contribution < -0.4 is 14.3 Å². The highest BCUT2D eigenvalue weighted by Gasteiger charge is 2.19. The van der Waals surface area contributed by atoms with Crippen molar-refractivity contribution in [1.82, 2.24) is 0 Å². The second kappa shape index (κ2) is 11.4. The van der Waals surface area contributed by atoms with Gasteiger partial charge in [-0.1, -0.05) is 12.1 Å². The molecule has 0 radical (unpaired) electrons. The molecule has 198 valence electrons. The monoisotopic (exact) mass is 543 g/mol. The number of nitrogens with one attached hydrogen (secondary N) is 2. The number of anilines is 3. The Morgan fingerprint density at radius 1 is 0.757 bits per heavy atom. The predicted octanol–water partition coefficient (Wildman–Crippen LogP) is 4.91. The van der Waals surface area contributed by atoms with Gasteiger partial charge in [-0.2, -0.15) is 0 Å².